The molecule has 6 aromatic carbocycles. The van der Waals surface area contributed by atoms with Crippen molar-refractivity contribution in [3.05, 3.63) is 142 Å². The van der Waals surface area contributed by atoms with Crippen molar-refractivity contribution in [2.75, 3.05) is 9.80 Å². The molecule has 0 N–H and O–H groups in total. The van der Waals surface area contributed by atoms with Crippen LogP contribution in [0.5, 0.6) is 0 Å². The van der Waals surface area contributed by atoms with Crippen LogP contribution in [0, 0.1) is 0 Å². The molecule has 3 heterocycles. The number of rotatable bonds is 4. The van der Waals surface area contributed by atoms with Crippen LogP contribution in [-0.4, -0.2) is 14.8 Å². The smallest absolute Gasteiger partial charge is 0.254 e. The van der Waals surface area contributed by atoms with Crippen LogP contribution in [0.2, 0.25) is 19.6 Å². The van der Waals surface area contributed by atoms with E-state index in [2.05, 4.69) is 251 Å². The van der Waals surface area contributed by atoms with E-state index in [-0.39, 0.29) is 50.0 Å². The Bertz CT molecular complexity index is 3630. The zero-order valence-electron chi connectivity index (χ0n) is 51.9. The van der Waals surface area contributed by atoms with Crippen LogP contribution >= 0.6 is 11.3 Å². The first-order valence-electron chi connectivity index (χ1n) is 30.0. The molecule has 0 saturated heterocycles. The molecule has 12 rings (SSSR count). The summed E-state index contributed by atoms with van der Waals surface area (Å²) in [6.45, 7) is 52.0. The topological polar surface area (TPSA) is 6.48 Å². The fraction of sp³-hybridized carbons (Fsp3) is 0.479. The van der Waals surface area contributed by atoms with Gasteiger partial charge in [0.25, 0.3) is 6.71 Å². The quantitative estimate of drug-likeness (QED) is 0.162. The van der Waals surface area contributed by atoms with Crippen molar-refractivity contribution in [2.45, 2.75) is 226 Å². The zero-order chi connectivity index (χ0) is 56.2. The minimum Gasteiger partial charge on any atom is -0.311 e. The van der Waals surface area contributed by atoms with E-state index < -0.39 is 8.07 Å². The van der Waals surface area contributed by atoms with Gasteiger partial charge in [0, 0.05) is 33.0 Å². The van der Waals surface area contributed by atoms with E-state index in [9.17, 15) is 0 Å². The fourth-order valence-corrected chi connectivity index (χ4v) is 17.3. The molecule has 2 aliphatic heterocycles. The second-order valence-electron chi connectivity index (χ2n) is 32.3. The average molecular weight is 1070 g/mol. The van der Waals surface area contributed by atoms with Gasteiger partial charge >= 0.3 is 0 Å². The Hall–Kier alpha value is -4.84. The molecular formula is C73H91BN2SSi. The molecule has 3 aliphatic carbocycles. The second-order valence-corrected chi connectivity index (χ2v) is 38.4. The lowest BCUT2D eigenvalue weighted by Gasteiger charge is -2.48. The predicted molar refractivity (Wildman–Crippen MR) is 348 cm³/mol. The summed E-state index contributed by atoms with van der Waals surface area (Å²) in [6, 6.07) is 41.1. The molecule has 0 radical (unpaired) electrons. The molecule has 0 spiro atoms. The van der Waals surface area contributed by atoms with E-state index in [0.29, 0.717) is 0 Å². The van der Waals surface area contributed by atoms with Crippen molar-refractivity contribution in [1.29, 1.82) is 0 Å². The molecule has 0 amide bonds. The molecule has 1 aromatic heterocycles. The van der Waals surface area contributed by atoms with Crippen LogP contribution in [0.25, 0.3) is 21.2 Å². The van der Waals surface area contributed by atoms with Gasteiger partial charge in [0.1, 0.15) is 0 Å². The van der Waals surface area contributed by atoms with Gasteiger partial charge in [-0.2, -0.15) is 0 Å². The molecule has 0 bridgehead atoms. The molecule has 406 valence electrons. The number of benzene rings is 6. The number of hydrogen-bond acceptors (Lipinski definition) is 3. The standard InChI is InChI=1S/C73H91BN2SSi/c1-66(2,3)45-24-26-47(27-25-45)75-60-36-46(67(4,5)6)37-61-64(60)74(63-50-39-52-56(43-62(50)77-65(63)75)73(17,18)35-31-69(52,9)10)57-40-53-55(72(15,16)34-32-70(53,11)12)42-59(57)76(61)58-41-54-51(68(7,8)30-33-71(54,13)14)38-49(58)44-22-28-48(29-23-44)78(19,20)21/h22-29,36-43H,30-35H2,1-21H3. The zero-order valence-corrected chi connectivity index (χ0v) is 53.7. The van der Waals surface area contributed by atoms with Crippen LogP contribution in [0.1, 0.15) is 208 Å². The molecule has 0 saturated carbocycles. The maximum atomic E-state index is 2.84. The molecule has 0 fully saturated rings. The van der Waals surface area contributed by atoms with Gasteiger partial charge in [0.05, 0.1) is 18.8 Å². The van der Waals surface area contributed by atoms with Gasteiger partial charge in [-0.05, 0) is 208 Å². The number of hydrogen-bond donors (Lipinski definition) is 0. The van der Waals surface area contributed by atoms with Crippen molar-refractivity contribution in [2.24, 2.45) is 0 Å². The molecule has 0 unspecified atom stereocenters. The first kappa shape index (κ1) is 53.8. The number of nitrogens with zero attached hydrogens (tertiary/aromatic N) is 2. The third-order valence-corrected chi connectivity index (χ3v) is 24.0. The van der Waals surface area contributed by atoms with Crippen molar-refractivity contribution in [1.82, 2.24) is 0 Å². The number of thiophene rings is 1. The summed E-state index contributed by atoms with van der Waals surface area (Å²) in [4.78, 5) is 5.57. The number of anilines is 6. The van der Waals surface area contributed by atoms with Crippen molar-refractivity contribution in [3.63, 3.8) is 0 Å². The van der Waals surface area contributed by atoms with E-state index in [1.807, 2.05) is 11.3 Å². The summed E-state index contributed by atoms with van der Waals surface area (Å²) in [5.74, 6) is 0. The van der Waals surface area contributed by atoms with E-state index in [4.69, 9.17) is 0 Å². The lowest BCUT2D eigenvalue weighted by atomic mass is 9.33. The third-order valence-electron chi connectivity index (χ3n) is 20.8. The summed E-state index contributed by atoms with van der Waals surface area (Å²) >= 11 is 2.04. The Balaban J connectivity index is 1.27. The largest absolute Gasteiger partial charge is 0.311 e. The van der Waals surface area contributed by atoms with Gasteiger partial charge in [-0.25, -0.2) is 0 Å². The highest BCUT2D eigenvalue weighted by molar-refractivity contribution is 7.26. The average Bonchev–Trinajstić information content (AvgIpc) is 3.73. The first-order valence-corrected chi connectivity index (χ1v) is 34.3. The monoisotopic (exact) mass is 1070 g/mol. The van der Waals surface area contributed by atoms with E-state index in [1.54, 1.807) is 0 Å². The molecule has 2 nitrogen and oxygen atoms in total. The Morgan fingerprint density at radius 2 is 0.872 bits per heavy atom. The molecular weight excluding hydrogens is 976 g/mol. The Morgan fingerprint density at radius 1 is 0.436 bits per heavy atom. The van der Waals surface area contributed by atoms with Gasteiger partial charge in [0.15, 0.2) is 0 Å². The third kappa shape index (κ3) is 8.24. The highest BCUT2D eigenvalue weighted by Gasteiger charge is 2.50. The molecule has 78 heavy (non-hydrogen) atoms. The molecule has 5 aliphatic rings. The van der Waals surface area contributed by atoms with E-state index in [1.165, 1.54) is 153 Å². The Labute approximate surface area is 477 Å². The lowest BCUT2D eigenvalue weighted by molar-refractivity contribution is 0.332. The van der Waals surface area contributed by atoms with Crippen molar-refractivity contribution < 1.29 is 0 Å². The maximum absolute atomic E-state index is 2.84. The minimum absolute atomic E-state index is 0.0114. The highest BCUT2D eigenvalue weighted by Crippen LogP contribution is 2.57. The highest BCUT2D eigenvalue weighted by atomic mass is 32.1. The summed E-state index contributed by atoms with van der Waals surface area (Å²) in [7, 11) is -1.57. The fourth-order valence-electron chi connectivity index (χ4n) is 14.9. The maximum Gasteiger partial charge on any atom is 0.254 e. The van der Waals surface area contributed by atoms with Crippen molar-refractivity contribution >= 4 is 91.2 Å². The summed E-state index contributed by atoms with van der Waals surface area (Å²) in [6.07, 6.45) is 7.07. The summed E-state index contributed by atoms with van der Waals surface area (Å²) in [5, 5.41) is 4.32. The molecule has 7 aromatic rings. The van der Waals surface area contributed by atoms with Gasteiger partial charge in [-0.1, -0.05) is 192 Å². The van der Waals surface area contributed by atoms with Gasteiger partial charge in [-0.15, -0.1) is 11.3 Å². The van der Waals surface area contributed by atoms with Gasteiger partial charge < -0.3 is 9.80 Å². The summed E-state index contributed by atoms with van der Waals surface area (Å²) in [5.41, 5.74) is 25.6. The Morgan fingerprint density at radius 3 is 1.36 bits per heavy atom. The predicted octanol–water partition coefficient (Wildman–Crippen LogP) is 18.8. The minimum atomic E-state index is -1.57. The van der Waals surface area contributed by atoms with Crippen LogP contribution in [0.15, 0.2) is 97.1 Å². The lowest BCUT2D eigenvalue weighted by Crippen LogP contribution is -2.61. The van der Waals surface area contributed by atoms with Crippen LogP contribution in [-0.2, 0) is 43.3 Å². The van der Waals surface area contributed by atoms with E-state index >= 15 is 0 Å². The molecule has 5 heteroatoms. The van der Waals surface area contributed by atoms with Crippen LogP contribution in [0.3, 0.4) is 0 Å². The van der Waals surface area contributed by atoms with Gasteiger partial charge in [-0.3, -0.25) is 0 Å². The summed E-state index contributed by atoms with van der Waals surface area (Å²) < 4.78 is 1.42. The van der Waals surface area contributed by atoms with Gasteiger partial charge in [0.2, 0.25) is 0 Å². The molecule has 0 atom stereocenters. The van der Waals surface area contributed by atoms with Crippen LogP contribution in [0.4, 0.5) is 33.4 Å². The SMILES string of the molecule is CC(C)(C)c1ccc(N2c3cc(C(C)(C)C)cc4c3B(c3cc5c(cc3N4c3cc4c(cc3-c3ccc([Si](C)(C)C)cc3)C(C)(C)CCC4(C)C)C(C)(C)CCC5(C)C)c3c2sc2cc4c(cc32)C(C)(C)CCC4(C)C)cc1. The number of fused-ring (bicyclic) bond motifs is 9. The normalized spacial score (nSPS) is 20.1. The van der Waals surface area contributed by atoms with E-state index in [0.717, 1.165) is 6.42 Å². The van der Waals surface area contributed by atoms with Crippen molar-refractivity contribution in [3.8, 4) is 11.1 Å². The van der Waals surface area contributed by atoms with Crippen LogP contribution < -0.4 is 31.4 Å². The Kier molecular flexibility index (Phi) is 11.6. The second kappa shape index (κ2) is 16.9. The first-order chi connectivity index (χ1) is 36.0.